The lowest BCUT2D eigenvalue weighted by molar-refractivity contribution is -0.0452. The van der Waals surface area contributed by atoms with Crippen LogP contribution in [0, 0.1) is 6.92 Å². The van der Waals surface area contributed by atoms with Gasteiger partial charge in [0.1, 0.15) is 18.4 Å². The number of aromatic nitrogens is 2. The van der Waals surface area contributed by atoms with Gasteiger partial charge in [0.25, 0.3) is 5.56 Å². The molecule has 19 heteroatoms. The van der Waals surface area contributed by atoms with E-state index >= 15 is 0 Å². The second-order valence-electron chi connectivity index (χ2n) is 5.76. The Bertz CT molecular complexity index is 1010. The first kappa shape index (κ1) is 24.3. The van der Waals surface area contributed by atoms with Gasteiger partial charge in [0.05, 0.1) is 6.61 Å². The molecule has 0 aromatic carbocycles. The van der Waals surface area contributed by atoms with Crippen LogP contribution in [-0.2, 0) is 31.6 Å². The Morgan fingerprint density at radius 3 is 2.34 bits per heavy atom. The zero-order valence-corrected chi connectivity index (χ0v) is 17.1. The van der Waals surface area contributed by atoms with Gasteiger partial charge in [-0.2, -0.15) is 8.62 Å². The van der Waals surface area contributed by atoms with Crippen molar-refractivity contribution in [3.05, 3.63) is 32.6 Å². The van der Waals surface area contributed by atoms with Crippen molar-refractivity contribution in [2.24, 2.45) is 0 Å². The Morgan fingerprint density at radius 2 is 1.79 bits per heavy atom. The third kappa shape index (κ3) is 6.76. The number of nitrogens with zero attached hydrogens (tertiary/aromatic N) is 1. The largest absolute Gasteiger partial charge is 0.490 e. The summed E-state index contributed by atoms with van der Waals surface area (Å²) in [6.45, 7) is 0.630. The Kier molecular flexibility index (Phi) is 7.23. The molecule has 0 aliphatic carbocycles. The van der Waals surface area contributed by atoms with Gasteiger partial charge in [-0.05, 0) is 6.92 Å². The van der Waals surface area contributed by atoms with Crippen LogP contribution < -0.4 is 11.2 Å². The summed E-state index contributed by atoms with van der Waals surface area (Å²) >= 11 is 0. The van der Waals surface area contributed by atoms with Crippen LogP contribution in [0.1, 0.15) is 18.2 Å². The van der Waals surface area contributed by atoms with Crippen molar-refractivity contribution in [2.45, 2.75) is 31.8 Å². The quantitative estimate of drug-likeness (QED) is 0.239. The van der Waals surface area contributed by atoms with E-state index in [4.69, 9.17) is 19.4 Å². The Balaban J connectivity index is 2.18. The molecule has 16 nitrogen and oxygen atoms in total. The predicted octanol–water partition coefficient (Wildman–Crippen LogP) is -1.16. The van der Waals surface area contributed by atoms with Crippen LogP contribution in [0.2, 0.25) is 0 Å². The van der Waals surface area contributed by atoms with Gasteiger partial charge < -0.3 is 29.4 Å². The zero-order chi connectivity index (χ0) is 22.2. The highest BCUT2D eigenvalue weighted by atomic mass is 31.3. The molecule has 0 amide bonds. The van der Waals surface area contributed by atoms with E-state index in [1.165, 1.54) is 6.92 Å². The molecular weight excluding hydrogens is 465 g/mol. The number of phosphoric acid groups is 3. The van der Waals surface area contributed by atoms with E-state index in [0.29, 0.717) is 0 Å². The number of phosphoric ester groups is 1. The molecule has 0 bridgehead atoms. The number of hydrogen-bond donors (Lipinski definition) is 6. The minimum Gasteiger partial charge on any atom is -0.394 e. The van der Waals surface area contributed by atoms with Crippen LogP contribution in [0.5, 0.6) is 0 Å². The van der Waals surface area contributed by atoms with Gasteiger partial charge in [0, 0.05) is 18.2 Å². The summed E-state index contributed by atoms with van der Waals surface area (Å²) in [6.07, 6.45) is -3.13. The lowest BCUT2D eigenvalue weighted by Gasteiger charge is -2.21. The highest BCUT2D eigenvalue weighted by Crippen LogP contribution is 2.67. The van der Waals surface area contributed by atoms with Gasteiger partial charge in [-0.25, -0.2) is 18.5 Å². The molecule has 0 saturated carbocycles. The van der Waals surface area contributed by atoms with Crippen LogP contribution in [0.3, 0.4) is 0 Å². The lowest BCUT2D eigenvalue weighted by Crippen LogP contribution is -2.33. The standard InChI is InChI=1S/C10H17N2O14P3/c1-5-3-12(10(15)11-9(5)14)8-2-6(7(4-13)23-8)24-28(19,20)26-29(21,22)25-27(16,17)18/h3,6-8,13H,2,4H2,1H3,(H,19,20)(H,21,22)(H,11,14,15)(H2,16,17,18)/t6-,7+,8+/m0/s1. The first-order valence-corrected chi connectivity index (χ1v) is 12.1. The van der Waals surface area contributed by atoms with Gasteiger partial charge in [0.2, 0.25) is 0 Å². The molecule has 1 saturated heterocycles. The van der Waals surface area contributed by atoms with E-state index in [1.54, 1.807) is 0 Å². The number of aliphatic hydroxyl groups excluding tert-OH is 1. The molecule has 5 atom stereocenters. The van der Waals surface area contributed by atoms with Crippen LogP contribution in [0.25, 0.3) is 0 Å². The SMILES string of the molecule is Cc1cn([C@H]2C[C@H](OP(=O)(O)OP(=O)(O)OP(=O)(O)O)[C@@H](CO)O2)c(=O)[nH]c1=O. The number of ether oxygens (including phenoxy) is 1. The molecule has 0 radical (unpaired) electrons. The van der Waals surface area contributed by atoms with Crippen molar-refractivity contribution < 1.29 is 56.3 Å². The highest BCUT2D eigenvalue weighted by molar-refractivity contribution is 7.66. The molecule has 1 fully saturated rings. The molecule has 166 valence electrons. The highest BCUT2D eigenvalue weighted by Gasteiger charge is 2.46. The zero-order valence-electron chi connectivity index (χ0n) is 14.4. The maximum Gasteiger partial charge on any atom is 0.490 e. The predicted molar refractivity (Wildman–Crippen MR) is 90.4 cm³/mol. The minimum absolute atomic E-state index is 0.144. The van der Waals surface area contributed by atoms with Crippen LogP contribution in [-0.4, -0.2) is 53.0 Å². The molecule has 2 heterocycles. The number of aryl methyl sites for hydroxylation is 1. The number of aromatic amines is 1. The fourth-order valence-corrected chi connectivity index (χ4v) is 5.64. The molecule has 0 spiro atoms. The van der Waals surface area contributed by atoms with Crippen LogP contribution in [0.4, 0.5) is 0 Å². The topological polar surface area (TPSA) is 244 Å². The molecule has 1 aromatic heterocycles. The number of aliphatic hydroxyl groups is 1. The molecular formula is C10H17N2O14P3. The van der Waals surface area contributed by atoms with E-state index in [9.17, 15) is 33.3 Å². The van der Waals surface area contributed by atoms with Crippen LogP contribution in [0.15, 0.2) is 15.8 Å². The van der Waals surface area contributed by atoms with E-state index in [1.807, 2.05) is 4.98 Å². The van der Waals surface area contributed by atoms with Crippen molar-refractivity contribution >= 4 is 23.5 Å². The molecule has 1 aliphatic rings. The van der Waals surface area contributed by atoms with E-state index < -0.39 is 59.8 Å². The number of nitrogens with one attached hydrogen (secondary N) is 1. The van der Waals surface area contributed by atoms with Gasteiger partial charge in [-0.15, -0.1) is 0 Å². The first-order chi connectivity index (χ1) is 13.1. The van der Waals surface area contributed by atoms with Gasteiger partial charge in [-0.3, -0.25) is 18.9 Å². The average molecular weight is 482 g/mol. The molecule has 1 aromatic rings. The fraction of sp³-hybridized carbons (Fsp3) is 0.600. The number of hydrogen-bond acceptors (Lipinski definition) is 10. The Morgan fingerprint density at radius 1 is 1.17 bits per heavy atom. The monoisotopic (exact) mass is 482 g/mol. The molecule has 29 heavy (non-hydrogen) atoms. The Hall–Kier alpha value is -0.990. The second kappa shape index (κ2) is 8.63. The summed E-state index contributed by atoms with van der Waals surface area (Å²) in [5.74, 6) is 0. The normalized spacial score (nSPS) is 26.8. The summed E-state index contributed by atoms with van der Waals surface area (Å²) in [4.78, 5) is 61.1. The fourth-order valence-electron chi connectivity index (χ4n) is 2.42. The third-order valence-electron chi connectivity index (χ3n) is 3.50. The van der Waals surface area contributed by atoms with Gasteiger partial charge in [-0.1, -0.05) is 0 Å². The summed E-state index contributed by atoms with van der Waals surface area (Å²) in [5.41, 5.74) is -1.38. The molecule has 2 rings (SSSR count). The summed E-state index contributed by atoms with van der Waals surface area (Å²) in [6, 6.07) is 0. The maximum atomic E-state index is 11.9. The van der Waals surface area contributed by atoms with Crippen molar-refractivity contribution in [2.75, 3.05) is 6.61 Å². The summed E-state index contributed by atoms with van der Waals surface area (Å²) in [7, 11) is -16.7. The first-order valence-electron chi connectivity index (χ1n) is 7.53. The van der Waals surface area contributed by atoms with Crippen molar-refractivity contribution in [1.82, 2.24) is 9.55 Å². The summed E-state index contributed by atoms with van der Waals surface area (Å²) < 4.78 is 52.0. The lowest BCUT2D eigenvalue weighted by atomic mass is 10.2. The van der Waals surface area contributed by atoms with Gasteiger partial charge in [0.15, 0.2) is 0 Å². The third-order valence-corrected chi connectivity index (χ3v) is 7.37. The molecule has 2 unspecified atom stereocenters. The molecule has 1 aliphatic heterocycles. The van der Waals surface area contributed by atoms with E-state index in [0.717, 1.165) is 10.8 Å². The van der Waals surface area contributed by atoms with Gasteiger partial charge >= 0.3 is 29.2 Å². The van der Waals surface area contributed by atoms with E-state index in [-0.39, 0.29) is 12.0 Å². The van der Waals surface area contributed by atoms with Crippen molar-refractivity contribution in [1.29, 1.82) is 0 Å². The number of H-pyrrole nitrogens is 1. The van der Waals surface area contributed by atoms with Crippen LogP contribution >= 0.6 is 23.5 Å². The minimum atomic E-state index is -5.71. The smallest absolute Gasteiger partial charge is 0.394 e. The van der Waals surface area contributed by atoms with E-state index in [2.05, 4.69) is 13.1 Å². The van der Waals surface area contributed by atoms with Crippen molar-refractivity contribution in [3.8, 4) is 0 Å². The molecule has 6 N–H and O–H groups in total. The average Bonchev–Trinajstić information content (AvgIpc) is 2.88. The summed E-state index contributed by atoms with van der Waals surface area (Å²) in [5, 5.41) is 9.36. The maximum absolute atomic E-state index is 11.9. The Labute approximate surface area is 161 Å². The van der Waals surface area contributed by atoms with Crippen molar-refractivity contribution in [3.63, 3.8) is 0 Å². The second-order valence-corrected chi connectivity index (χ2v) is 10.1. The number of rotatable bonds is 8.